The zero-order valence-corrected chi connectivity index (χ0v) is 56.9. The van der Waals surface area contributed by atoms with Crippen LogP contribution in [-0.2, 0) is 65.4 Å². The zero-order chi connectivity index (χ0) is 63.1. The van der Waals surface area contributed by atoms with E-state index < -0.39 is 97.5 Å². The molecule has 0 aromatic heterocycles. The summed E-state index contributed by atoms with van der Waals surface area (Å²) < 4.78 is 68.1. The highest BCUT2D eigenvalue weighted by molar-refractivity contribution is 7.47. The molecule has 0 aromatic carbocycles. The van der Waals surface area contributed by atoms with Gasteiger partial charge in [-0.1, -0.05) is 273 Å². The second-order valence-corrected chi connectivity index (χ2v) is 28.2. The van der Waals surface area contributed by atoms with E-state index >= 15 is 0 Å². The predicted octanol–water partition coefficient (Wildman–Crippen LogP) is 18.3. The Hall–Kier alpha value is -1.94. The third-order valence-electron chi connectivity index (χ3n) is 15.1. The van der Waals surface area contributed by atoms with Crippen molar-refractivity contribution in [2.75, 3.05) is 39.6 Å². The highest BCUT2D eigenvalue weighted by Crippen LogP contribution is 2.45. The number of rotatable bonds is 64. The van der Waals surface area contributed by atoms with Gasteiger partial charge in [0.1, 0.15) is 19.3 Å². The molecule has 19 heteroatoms. The Morgan fingerprint density at radius 2 is 0.541 bits per heavy atom. The van der Waals surface area contributed by atoms with Crippen LogP contribution < -0.4 is 0 Å². The largest absolute Gasteiger partial charge is 0.472 e. The first-order chi connectivity index (χ1) is 40.7. The molecule has 504 valence electrons. The van der Waals surface area contributed by atoms with E-state index in [0.29, 0.717) is 25.7 Å². The van der Waals surface area contributed by atoms with Crippen molar-refractivity contribution < 1.29 is 80.2 Å². The third-order valence-corrected chi connectivity index (χ3v) is 17.0. The lowest BCUT2D eigenvalue weighted by atomic mass is 10.0. The molecule has 0 aliphatic rings. The summed E-state index contributed by atoms with van der Waals surface area (Å²) in [5.41, 5.74) is 0. The van der Waals surface area contributed by atoms with E-state index in [0.717, 1.165) is 108 Å². The van der Waals surface area contributed by atoms with Crippen molar-refractivity contribution in [1.82, 2.24) is 0 Å². The van der Waals surface area contributed by atoms with E-state index in [2.05, 4.69) is 48.5 Å². The Bertz CT molecular complexity index is 1680. The summed E-state index contributed by atoms with van der Waals surface area (Å²) in [6, 6.07) is 0. The van der Waals surface area contributed by atoms with Gasteiger partial charge in [0, 0.05) is 25.7 Å². The highest BCUT2D eigenvalue weighted by Gasteiger charge is 2.30. The monoisotopic (exact) mass is 1250 g/mol. The molecule has 0 saturated heterocycles. The first-order valence-electron chi connectivity index (χ1n) is 34.3. The molecule has 0 rings (SSSR count). The lowest BCUT2D eigenvalue weighted by molar-refractivity contribution is -0.161. The molecule has 0 amide bonds. The molecule has 0 aromatic rings. The molecule has 0 heterocycles. The van der Waals surface area contributed by atoms with Gasteiger partial charge in [0.2, 0.25) is 0 Å². The molecular weight excluding hydrogens is 1130 g/mol. The second kappa shape index (κ2) is 57.2. The Morgan fingerprint density at radius 1 is 0.318 bits per heavy atom. The summed E-state index contributed by atoms with van der Waals surface area (Å²) in [4.78, 5) is 72.3. The number of esters is 4. The van der Waals surface area contributed by atoms with Gasteiger partial charge in [0.15, 0.2) is 12.2 Å². The number of phosphoric acid groups is 2. The molecular formula is C66H128O17P2. The van der Waals surface area contributed by atoms with E-state index in [1.165, 1.54) is 135 Å². The molecule has 3 N–H and O–H groups in total. The molecule has 2 unspecified atom stereocenters. The Balaban J connectivity index is 5.25. The maximum Gasteiger partial charge on any atom is 0.472 e. The number of carbonyl (C=O) groups is 4. The Kier molecular flexibility index (Phi) is 55.9. The van der Waals surface area contributed by atoms with Crippen LogP contribution in [0.1, 0.15) is 325 Å². The minimum absolute atomic E-state index is 0.104. The molecule has 5 atom stereocenters. The van der Waals surface area contributed by atoms with Gasteiger partial charge in [0.05, 0.1) is 26.4 Å². The molecule has 0 fully saturated rings. The van der Waals surface area contributed by atoms with E-state index in [1.807, 2.05) is 0 Å². The van der Waals surface area contributed by atoms with Crippen LogP contribution in [0.15, 0.2) is 0 Å². The molecule has 0 spiro atoms. The average molecular weight is 1260 g/mol. The van der Waals surface area contributed by atoms with Crippen molar-refractivity contribution in [1.29, 1.82) is 0 Å². The maximum absolute atomic E-state index is 13.0. The summed E-state index contributed by atoms with van der Waals surface area (Å²) in [5.74, 6) is 0.0751. The number of hydrogen-bond donors (Lipinski definition) is 3. The molecule has 85 heavy (non-hydrogen) atoms. The van der Waals surface area contributed by atoms with Crippen molar-refractivity contribution >= 4 is 39.5 Å². The fourth-order valence-electron chi connectivity index (χ4n) is 9.83. The van der Waals surface area contributed by atoms with E-state index in [-0.39, 0.29) is 25.7 Å². The standard InChI is InChI=1S/C66H128O17P2/c1-8-9-10-11-12-16-26-33-40-47-63(68)76-53-62(83-66(71)50-43-36-29-22-20-25-32-39-46-59(6)7)56-81-85(74,75)79-52-60(67)51-78-84(72,73)80-55-61(54-77-64(69)48-41-34-27-21-19-24-31-38-45-58(4)5)82-65(70)49-42-35-28-18-15-13-14-17-23-30-37-44-57(2)3/h57-62,67H,8-56H2,1-7H3,(H,72,73)(H,74,75)/t60-,61-,62-/m1/s1. The minimum Gasteiger partial charge on any atom is -0.462 e. The summed E-state index contributed by atoms with van der Waals surface area (Å²) in [7, 11) is -9.89. The van der Waals surface area contributed by atoms with Crippen molar-refractivity contribution in [3.8, 4) is 0 Å². The Labute approximate surface area is 517 Å². The van der Waals surface area contributed by atoms with Gasteiger partial charge in [0.25, 0.3) is 0 Å². The summed E-state index contributed by atoms with van der Waals surface area (Å²) >= 11 is 0. The minimum atomic E-state index is -4.95. The number of phosphoric ester groups is 2. The molecule has 0 bridgehead atoms. The fraction of sp³-hybridized carbons (Fsp3) is 0.939. The predicted molar refractivity (Wildman–Crippen MR) is 340 cm³/mol. The van der Waals surface area contributed by atoms with Crippen LogP contribution in [0.2, 0.25) is 0 Å². The summed E-state index contributed by atoms with van der Waals surface area (Å²) in [5, 5.41) is 10.5. The van der Waals surface area contributed by atoms with Gasteiger partial charge >= 0.3 is 39.5 Å². The van der Waals surface area contributed by atoms with E-state index in [1.54, 1.807) is 0 Å². The summed E-state index contributed by atoms with van der Waals surface area (Å²) in [6.45, 7) is 11.7. The van der Waals surface area contributed by atoms with Crippen LogP contribution in [0.4, 0.5) is 0 Å². The van der Waals surface area contributed by atoms with Gasteiger partial charge in [-0.05, 0) is 43.4 Å². The molecule has 0 aliphatic heterocycles. The van der Waals surface area contributed by atoms with Gasteiger partial charge < -0.3 is 33.8 Å². The quantitative estimate of drug-likeness (QED) is 0.0222. The first-order valence-corrected chi connectivity index (χ1v) is 37.3. The lowest BCUT2D eigenvalue weighted by Gasteiger charge is -2.21. The van der Waals surface area contributed by atoms with Crippen LogP contribution in [0.3, 0.4) is 0 Å². The number of unbranched alkanes of at least 4 members (excludes halogenated alkanes) is 32. The van der Waals surface area contributed by atoms with Gasteiger partial charge in [-0.25, -0.2) is 9.13 Å². The van der Waals surface area contributed by atoms with Gasteiger partial charge in [-0.15, -0.1) is 0 Å². The number of hydrogen-bond acceptors (Lipinski definition) is 15. The summed E-state index contributed by atoms with van der Waals surface area (Å²) in [6.07, 6.45) is 39.0. The number of carbonyl (C=O) groups excluding carboxylic acids is 4. The number of aliphatic hydroxyl groups excluding tert-OH is 1. The molecule has 17 nitrogen and oxygen atoms in total. The lowest BCUT2D eigenvalue weighted by Crippen LogP contribution is -2.30. The number of aliphatic hydroxyl groups is 1. The van der Waals surface area contributed by atoms with E-state index in [9.17, 15) is 43.2 Å². The second-order valence-electron chi connectivity index (χ2n) is 25.3. The Morgan fingerprint density at radius 3 is 0.800 bits per heavy atom. The smallest absolute Gasteiger partial charge is 0.462 e. The van der Waals surface area contributed by atoms with Crippen molar-refractivity contribution in [2.45, 2.75) is 343 Å². The molecule has 0 radical (unpaired) electrons. The van der Waals surface area contributed by atoms with Crippen molar-refractivity contribution in [3.63, 3.8) is 0 Å². The molecule has 0 saturated carbocycles. The van der Waals surface area contributed by atoms with Gasteiger partial charge in [-0.2, -0.15) is 0 Å². The van der Waals surface area contributed by atoms with E-state index in [4.69, 9.17) is 37.0 Å². The zero-order valence-electron chi connectivity index (χ0n) is 55.1. The van der Waals surface area contributed by atoms with Crippen molar-refractivity contribution in [2.24, 2.45) is 17.8 Å². The normalized spacial score (nSPS) is 14.3. The third kappa shape index (κ3) is 60.7. The van der Waals surface area contributed by atoms with Crippen LogP contribution in [-0.4, -0.2) is 96.7 Å². The van der Waals surface area contributed by atoms with Crippen LogP contribution >= 0.6 is 15.6 Å². The topological polar surface area (TPSA) is 237 Å². The fourth-order valence-corrected chi connectivity index (χ4v) is 11.4. The first kappa shape index (κ1) is 83.1. The maximum atomic E-state index is 13.0. The van der Waals surface area contributed by atoms with Gasteiger partial charge in [-0.3, -0.25) is 37.3 Å². The van der Waals surface area contributed by atoms with Crippen LogP contribution in [0.25, 0.3) is 0 Å². The SMILES string of the molecule is CCCCCCCCCCCC(=O)OC[C@H](COP(=O)(O)OC[C@H](O)COP(=O)(O)OC[C@@H](COC(=O)CCCCCCCCCCC(C)C)OC(=O)CCCCCCCCCCCCCC(C)C)OC(=O)CCCCCCCCCCC(C)C. The van der Waals surface area contributed by atoms with Crippen LogP contribution in [0.5, 0.6) is 0 Å². The highest BCUT2D eigenvalue weighted by atomic mass is 31.2. The van der Waals surface area contributed by atoms with Crippen LogP contribution in [0, 0.1) is 17.8 Å². The van der Waals surface area contributed by atoms with Crippen molar-refractivity contribution in [3.05, 3.63) is 0 Å². The average Bonchev–Trinajstić information content (AvgIpc) is 3.63. The number of ether oxygens (including phenoxy) is 4. The molecule has 0 aliphatic carbocycles.